The highest BCUT2D eigenvalue weighted by atomic mass is 32.1. The van der Waals surface area contributed by atoms with Crippen LogP contribution in [0.25, 0.3) is 0 Å². The zero-order chi connectivity index (χ0) is 11.4. The number of thiophene rings is 1. The van der Waals surface area contributed by atoms with Crippen LogP contribution >= 0.6 is 11.3 Å². The van der Waals surface area contributed by atoms with Crippen LogP contribution in [0.3, 0.4) is 0 Å². The van der Waals surface area contributed by atoms with E-state index >= 15 is 0 Å². The minimum absolute atomic E-state index is 0.479. The van der Waals surface area contributed by atoms with Gasteiger partial charge in [-0.25, -0.2) is 0 Å². The summed E-state index contributed by atoms with van der Waals surface area (Å²) >= 11 is 1.89. The first-order valence-electron chi connectivity index (χ1n) is 6.48. The molecule has 1 unspecified atom stereocenters. The quantitative estimate of drug-likeness (QED) is 0.759. The summed E-state index contributed by atoms with van der Waals surface area (Å²) in [6, 6.07) is 5.26. The molecule has 0 amide bonds. The van der Waals surface area contributed by atoms with Gasteiger partial charge in [0.2, 0.25) is 0 Å². The van der Waals surface area contributed by atoms with E-state index in [0.29, 0.717) is 5.41 Å². The monoisotopic (exact) mass is 237 g/mol. The maximum Gasteiger partial charge on any atom is 0.00684 e. The number of hydrogen-bond donors (Lipinski definition) is 1. The molecule has 1 N–H and O–H groups in total. The molecule has 0 aliphatic heterocycles. The first-order valence-corrected chi connectivity index (χ1v) is 7.35. The molecule has 90 valence electrons. The fraction of sp³-hybridized carbons (Fsp3) is 0.714. The Balaban J connectivity index is 1.77. The van der Waals surface area contributed by atoms with Gasteiger partial charge in [0.1, 0.15) is 0 Å². The van der Waals surface area contributed by atoms with Gasteiger partial charge in [-0.2, -0.15) is 0 Å². The van der Waals surface area contributed by atoms with Crippen LogP contribution in [0.4, 0.5) is 0 Å². The van der Waals surface area contributed by atoms with Gasteiger partial charge in [-0.1, -0.05) is 19.9 Å². The van der Waals surface area contributed by atoms with E-state index < -0.39 is 0 Å². The predicted molar refractivity (Wildman–Crippen MR) is 72.1 cm³/mol. The molecule has 0 radical (unpaired) electrons. The van der Waals surface area contributed by atoms with Crippen molar-refractivity contribution in [3.63, 3.8) is 0 Å². The first kappa shape index (κ1) is 12.1. The summed E-state index contributed by atoms with van der Waals surface area (Å²) in [5.74, 6) is 0. The molecule has 1 aliphatic rings. The van der Waals surface area contributed by atoms with Crippen molar-refractivity contribution in [3.8, 4) is 0 Å². The predicted octanol–water partition coefficient (Wildman–Crippen LogP) is 3.85. The van der Waals surface area contributed by atoms with Gasteiger partial charge in [-0.3, -0.25) is 0 Å². The van der Waals surface area contributed by atoms with Gasteiger partial charge in [-0.15, -0.1) is 11.3 Å². The second kappa shape index (κ2) is 5.33. The normalized spacial score (nSPS) is 19.6. The maximum atomic E-state index is 3.68. The lowest BCUT2D eigenvalue weighted by Gasteiger charge is -2.28. The van der Waals surface area contributed by atoms with Crippen molar-refractivity contribution in [2.75, 3.05) is 6.54 Å². The van der Waals surface area contributed by atoms with Gasteiger partial charge in [0, 0.05) is 17.5 Å². The molecule has 1 fully saturated rings. The van der Waals surface area contributed by atoms with E-state index in [1.807, 2.05) is 11.3 Å². The van der Waals surface area contributed by atoms with Crippen LogP contribution in [0.15, 0.2) is 17.5 Å². The Kier molecular flexibility index (Phi) is 4.04. The topological polar surface area (TPSA) is 12.0 Å². The Labute approximate surface area is 103 Å². The molecule has 1 saturated carbocycles. The zero-order valence-corrected chi connectivity index (χ0v) is 11.3. The molecule has 0 aromatic carbocycles. The van der Waals surface area contributed by atoms with Crippen molar-refractivity contribution in [2.24, 2.45) is 5.41 Å². The fourth-order valence-electron chi connectivity index (χ4n) is 1.95. The van der Waals surface area contributed by atoms with Crippen LogP contribution in [-0.2, 0) is 6.42 Å². The van der Waals surface area contributed by atoms with Crippen LogP contribution < -0.4 is 5.32 Å². The second-order valence-electron chi connectivity index (χ2n) is 5.40. The molecule has 0 spiro atoms. The Morgan fingerprint density at radius 1 is 1.50 bits per heavy atom. The van der Waals surface area contributed by atoms with E-state index in [1.165, 1.54) is 43.5 Å². The van der Waals surface area contributed by atoms with E-state index in [4.69, 9.17) is 0 Å². The highest BCUT2D eigenvalue weighted by Crippen LogP contribution is 2.29. The smallest absolute Gasteiger partial charge is 0.00684 e. The molecule has 1 atom stereocenters. The third-order valence-electron chi connectivity index (χ3n) is 3.80. The molecule has 1 aromatic rings. The Morgan fingerprint density at radius 3 is 2.88 bits per heavy atom. The van der Waals surface area contributed by atoms with Crippen LogP contribution in [0.1, 0.15) is 44.4 Å². The number of hydrogen-bond acceptors (Lipinski definition) is 2. The molecular formula is C14H23NS. The van der Waals surface area contributed by atoms with E-state index in [9.17, 15) is 0 Å². The van der Waals surface area contributed by atoms with E-state index in [1.54, 1.807) is 0 Å². The average Bonchev–Trinajstić information content (AvgIpc) is 2.99. The van der Waals surface area contributed by atoms with Crippen molar-refractivity contribution in [2.45, 2.75) is 52.0 Å². The van der Waals surface area contributed by atoms with Gasteiger partial charge in [0.25, 0.3) is 0 Å². The van der Waals surface area contributed by atoms with Crippen molar-refractivity contribution in [1.29, 1.82) is 0 Å². The summed E-state index contributed by atoms with van der Waals surface area (Å²) in [7, 11) is 0. The minimum atomic E-state index is 0.479. The third kappa shape index (κ3) is 3.60. The van der Waals surface area contributed by atoms with Crippen LogP contribution in [0.2, 0.25) is 0 Å². The summed E-state index contributed by atoms with van der Waals surface area (Å²) in [6.45, 7) is 5.94. The van der Waals surface area contributed by atoms with E-state index in [0.717, 1.165) is 6.04 Å². The summed E-state index contributed by atoms with van der Waals surface area (Å²) in [4.78, 5) is 1.53. The molecule has 2 heteroatoms. The van der Waals surface area contributed by atoms with E-state index in [2.05, 4.69) is 36.7 Å². The average molecular weight is 237 g/mol. The summed E-state index contributed by atoms with van der Waals surface area (Å²) in [5.41, 5.74) is 0.479. The molecule has 1 nitrogen and oxygen atoms in total. The lowest BCUT2D eigenvalue weighted by atomic mass is 9.82. The molecule has 2 rings (SSSR count). The van der Waals surface area contributed by atoms with Gasteiger partial charge in [0.15, 0.2) is 0 Å². The van der Waals surface area contributed by atoms with Crippen LogP contribution in [-0.4, -0.2) is 12.6 Å². The highest BCUT2D eigenvalue weighted by molar-refractivity contribution is 7.09. The molecule has 1 aliphatic carbocycles. The lowest BCUT2D eigenvalue weighted by molar-refractivity contribution is 0.269. The fourth-order valence-corrected chi connectivity index (χ4v) is 2.66. The second-order valence-corrected chi connectivity index (χ2v) is 6.43. The minimum Gasteiger partial charge on any atom is -0.313 e. The molecule has 16 heavy (non-hydrogen) atoms. The van der Waals surface area contributed by atoms with Crippen molar-refractivity contribution in [3.05, 3.63) is 22.4 Å². The number of rotatable bonds is 7. The molecule has 1 heterocycles. The van der Waals surface area contributed by atoms with Crippen molar-refractivity contribution < 1.29 is 0 Å². The number of aryl methyl sites for hydroxylation is 1. The molecule has 0 saturated heterocycles. The number of nitrogens with one attached hydrogen (secondary N) is 1. The molecule has 0 bridgehead atoms. The Morgan fingerprint density at radius 2 is 2.31 bits per heavy atom. The summed E-state index contributed by atoms with van der Waals surface area (Å²) in [6.07, 6.45) is 6.62. The van der Waals surface area contributed by atoms with E-state index in [-0.39, 0.29) is 0 Å². The van der Waals surface area contributed by atoms with Gasteiger partial charge < -0.3 is 5.32 Å². The highest BCUT2D eigenvalue weighted by Gasteiger charge is 2.27. The zero-order valence-electron chi connectivity index (χ0n) is 10.5. The maximum absolute atomic E-state index is 3.68. The van der Waals surface area contributed by atoms with Crippen molar-refractivity contribution in [1.82, 2.24) is 5.32 Å². The SMILES string of the molecule is CCC(C)(CCc1cccs1)CNC1CC1. The standard InChI is InChI=1S/C14H23NS/c1-3-14(2,11-15-12-6-7-12)9-8-13-5-4-10-16-13/h4-5,10,12,15H,3,6-9,11H2,1-2H3. The van der Waals surface area contributed by atoms with Gasteiger partial charge >= 0.3 is 0 Å². The summed E-state index contributed by atoms with van der Waals surface area (Å²) in [5, 5.41) is 5.86. The molecular weight excluding hydrogens is 214 g/mol. The van der Waals surface area contributed by atoms with Gasteiger partial charge in [0.05, 0.1) is 0 Å². The summed E-state index contributed by atoms with van der Waals surface area (Å²) < 4.78 is 0. The Hall–Kier alpha value is -0.340. The van der Waals surface area contributed by atoms with Crippen molar-refractivity contribution >= 4 is 11.3 Å². The largest absolute Gasteiger partial charge is 0.313 e. The Bertz CT molecular complexity index is 303. The van der Waals surface area contributed by atoms with Crippen LogP contribution in [0, 0.1) is 5.41 Å². The van der Waals surface area contributed by atoms with Crippen LogP contribution in [0.5, 0.6) is 0 Å². The molecule has 1 aromatic heterocycles. The first-order chi connectivity index (χ1) is 7.72. The van der Waals surface area contributed by atoms with Gasteiger partial charge in [-0.05, 0) is 49.0 Å². The third-order valence-corrected chi connectivity index (χ3v) is 4.74. The lowest BCUT2D eigenvalue weighted by Crippen LogP contribution is -2.33.